The van der Waals surface area contributed by atoms with Gasteiger partial charge in [0, 0.05) is 20.1 Å². The lowest BCUT2D eigenvalue weighted by atomic mass is 10.1. The third-order valence-electron chi connectivity index (χ3n) is 2.32. The van der Waals surface area contributed by atoms with Crippen LogP contribution in [0.4, 0.5) is 8.78 Å². The van der Waals surface area contributed by atoms with Crippen molar-refractivity contribution < 1.29 is 17.2 Å². The highest BCUT2D eigenvalue weighted by Crippen LogP contribution is 2.16. The Bertz CT molecular complexity index is 503. The van der Waals surface area contributed by atoms with Gasteiger partial charge in [-0.25, -0.2) is 21.5 Å². The second-order valence-corrected chi connectivity index (χ2v) is 6.07. The molecule has 1 aromatic carbocycles. The lowest BCUT2D eigenvalue weighted by molar-refractivity contribution is 0.503. The molecule has 0 spiro atoms. The van der Waals surface area contributed by atoms with E-state index in [0.29, 0.717) is 0 Å². The van der Waals surface area contributed by atoms with Gasteiger partial charge in [-0.3, -0.25) is 0 Å². The molecular formula is C10H14F2N2O2S. The van der Waals surface area contributed by atoms with Crippen LogP contribution in [0.15, 0.2) is 18.2 Å². The number of halogens is 2. The van der Waals surface area contributed by atoms with Crippen molar-refractivity contribution in [3.63, 3.8) is 0 Å². The lowest BCUT2D eigenvalue weighted by Gasteiger charge is -2.16. The number of nitrogens with two attached hydrogens (primary N) is 1. The molecule has 1 rings (SSSR count). The Balaban J connectivity index is 2.91. The van der Waals surface area contributed by atoms with Gasteiger partial charge in [-0.15, -0.1) is 0 Å². The van der Waals surface area contributed by atoms with Crippen LogP contribution in [0.5, 0.6) is 0 Å². The zero-order valence-corrected chi connectivity index (χ0v) is 10.3. The van der Waals surface area contributed by atoms with Crippen LogP contribution in [0.1, 0.15) is 11.6 Å². The summed E-state index contributed by atoms with van der Waals surface area (Å²) in [6.45, 7) is 0. The maximum atomic E-state index is 12.9. The van der Waals surface area contributed by atoms with Gasteiger partial charge < -0.3 is 5.73 Å². The quantitative estimate of drug-likeness (QED) is 0.877. The molecular weight excluding hydrogens is 250 g/mol. The molecule has 0 amide bonds. The summed E-state index contributed by atoms with van der Waals surface area (Å²) in [4.78, 5) is 0. The van der Waals surface area contributed by atoms with Crippen molar-refractivity contribution in [2.24, 2.45) is 5.73 Å². The molecule has 0 aliphatic heterocycles. The molecule has 0 bridgehead atoms. The van der Waals surface area contributed by atoms with Gasteiger partial charge in [-0.2, -0.15) is 0 Å². The van der Waals surface area contributed by atoms with Crippen LogP contribution >= 0.6 is 0 Å². The molecule has 1 unspecified atom stereocenters. The number of hydrogen-bond acceptors (Lipinski definition) is 3. The first-order chi connectivity index (χ1) is 7.74. The van der Waals surface area contributed by atoms with Crippen molar-refractivity contribution in [3.8, 4) is 0 Å². The van der Waals surface area contributed by atoms with Crippen molar-refractivity contribution >= 4 is 10.0 Å². The molecule has 0 saturated carbocycles. The highest BCUT2D eigenvalue weighted by molar-refractivity contribution is 7.89. The first-order valence-corrected chi connectivity index (χ1v) is 6.45. The molecule has 4 nitrogen and oxygen atoms in total. The van der Waals surface area contributed by atoms with Crippen molar-refractivity contribution in [1.82, 2.24) is 4.31 Å². The predicted molar refractivity (Wildman–Crippen MR) is 60.8 cm³/mol. The third kappa shape index (κ3) is 3.45. The summed E-state index contributed by atoms with van der Waals surface area (Å²) in [5.41, 5.74) is 5.89. The van der Waals surface area contributed by atoms with Gasteiger partial charge in [0.1, 0.15) is 0 Å². The summed E-state index contributed by atoms with van der Waals surface area (Å²) >= 11 is 0. The van der Waals surface area contributed by atoms with Gasteiger partial charge in [0.2, 0.25) is 10.0 Å². The first-order valence-electron chi connectivity index (χ1n) is 4.85. The molecule has 17 heavy (non-hydrogen) atoms. The van der Waals surface area contributed by atoms with E-state index in [1.54, 1.807) is 0 Å². The summed E-state index contributed by atoms with van der Waals surface area (Å²) in [5.74, 6) is -2.39. The van der Waals surface area contributed by atoms with E-state index in [2.05, 4.69) is 0 Å². The zero-order chi connectivity index (χ0) is 13.2. The van der Waals surface area contributed by atoms with Crippen LogP contribution in [-0.4, -0.2) is 32.6 Å². The van der Waals surface area contributed by atoms with Crippen molar-refractivity contribution in [2.45, 2.75) is 6.04 Å². The molecule has 0 heterocycles. The fraction of sp³-hybridized carbons (Fsp3) is 0.400. The number of benzene rings is 1. The Morgan fingerprint density at radius 2 is 1.88 bits per heavy atom. The molecule has 1 aromatic rings. The van der Waals surface area contributed by atoms with E-state index in [1.165, 1.54) is 20.2 Å². The van der Waals surface area contributed by atoms with E-state index < -0.39 is 27.7 Å². The summed E-state index contributed by atoms with van der Waals surface area (Å²) in [6.07, 6.45) is 0. The topological polar surface area (TPSA) is 63.4 Å². The standard InChI is InChI=1S/C10H14F2N2O2S/c1-14(2)17(15,16)6-10(13)7-3-4-8(11)9(12)5-7/h3-5,10H,6,13H2,1-2H3. The van der Waals surface area contributed by atoms with Gasteiger partial charge in [-0.05, 0) is 17.7 Å². The van der Waals surface area contributed by atoms with Crippen LogP contribution in [0.25, 0.3) is 0 Å². The Labute approximate surface area is 99.1 Å². The SMILES string of the molecule is CN(C)S(=O)(=O)CC(N)c1ccc(F)c(F)c1. The van der Waals surface area contributed by atoms with Crippen molar-refractivity contribution in [2.75, 3.05) is 19.8 Å². The first kappa shape index (κ1) is 14.0. The molecule has 0 fully saturated rings. The van der Waals surface area contributed by atoms with E-state index >= 15 is 0 Å². The highest BCUT2D eigenvalue weighted by Gasteiger charge is 2.20. The fourth-order valence-electron chi connectivity index (χ4n) is 1.22. The van der Waals surface area contributed by atoms with E-state index in [0.717, 1.165) is 16.4 Å². The largest absolute Gasteiger partial charge is 0.323 e. The Hall–Kier alpha value is -1.05. The van der Waals surface area contributed by atoms with Gasteiger partial charge >= 0.3 is 0 Å². The number of hydrogen-bond donors (Lipinski definition) is 1. The summed E-state index contributed by atoms with van der Waals surface area (Å²) < 4.78 is 49.7. The smallest absolute Gasteiger partial charge is 0.215 e. The molecule has 2 N–H and O–H groups in total. The normalized spacial score (nSPS) is 14.0. The Morgan fingerprint density at radius 3 is 2.35 bits per heavy atom. The van der Waals surface area contributed by atoms with Crippen LogP contribution in [0, 0.1) is 11.6 Å². The Kier molecular flexibility index (Phi) is 4.18. The number of nitrogens with zero attached hydrogens (tertiary/aromatic N) is 1. The fourth-order valence-corrected chi connectivity index (χ4v) is 2.16. The molecule has 0 aromatic heterocycles. The molecule has 96 valence electrons. The van der Waals surface area contributed by atoms with Crippen LogP contribution in [0.2, 0.25) is 0 Å². The van der Waals surface area contributed by atoms with Gasteiger partial charge in [0.25, 0.3) is 0 Å². The van der Waals surface area contributed by atoms with Gasteiger partial charge in [-0.1, -0.05) is 6.07 Å². The maximum Gasteiger partial charge on any atom is 0.215 e. The minimum Gasteiger partial charge on any atom is -0.323 e. The lowest BCUT2D eigenvalue weighted by Crippen LogP contribution is -2.31. The predicted octanol–water partition coefficient (Wildman–Crippen LogP) is 0.856. The van der Waals surface area contributed by atoms with Crippen LogP contribution in [-0.2, 0) is 10.0 Å². The van der Waals surface area contributed by atoms with E-state index in [9.17, 15) is 17.2 Å². The summed E-state index contributed by atoms with van der Waals surface area (Å²) in [5, 5.41) is 0. The van der Waals surface area contributed by atoms with E-state index in [4.69, 9.17) is 5.73 Å². The number of sulfonamides is 1. The summed E-state index contributed by atoms with van der Waals surface area (Å²) in [7, 11) is -0.712. The maximum absolute atomic E-state index is 12.9. The van der Waals surface area contributed by atoms with Crippen LogP contribution in [0.3, 0.4) is 0 Å². The minimum atomic E-state index is -3.48. The molecule has 0 aliphatic rings. The molecule has 0 radical (unpaired) electrons. The molecule has 0 aliphatic carbocycles. The molecule has 7 heteroatoms. The van der Waals surface area contributed by atoms with E-state index in [1.807, 2.05) is 0 Å². The average molecular weight is 264 g/mol. The van der Waals surface area contributed by atoms with Gasteiger partial charge in [0.15, 0.2) is 11.6 Å². The van der Waals surface area contributed by atoms with Crippen molar-refractivity contribution in [3.05, 3.63) is 35.4 Å². The minimum absolute atomic E-state index is 0.245. The van der Waals surface area contributed by atoms with E-state index in [-0.39, 0.29) is 11.3 Å². The molecule has 0 saturated heterocycles. The third-order valence-corrected chi connectivity index (χ3v) is 4.21. The Morgan fingerprint density at radius 1 is 1.29 bits per heavy atom. The average Bonchev–Trinajstić information content (AvgIpc) is 2.21. The second-order valence-electron chi connectivity index (χ2n) is 3.84. The van der Waals surface area contributed by atoms with Crippen molar-refractivity contribution in [1.29, 1.82) is 0 Å². The summed E-state index contributed by atoms with van der Waals surface area (Å²) in [6, 6.07) is 2.21. The monoisotopic (exact) mass is 264 g/mol. The highest BCUT2D eigenvalue weighted by atomic mass is 32.2. The number of rotatable bonds is 4. The van der Waals surface area contributed by atoms with Crippen LogP contribution < -0.4 is 5.73 Å². The second kappa shape index (κ2) is 5.07. The van der Waals surface area contributed by atoms with Gasteiger partial charge in [0.05, 0.1) is 5.75 Å². The zero-order valence-electron chi connectivity index (χ0n) is 9.52. The molecule has 1 atom stereocenters.